The van der Waals surface area contributed by atoms with Gasteiger partial charge in [-0.15, -0.1) is 0 Å². The first-order valence-electron chi connectivity index (χ1n) is 8.15. The van der Waals surface area contributed by atoms with Crippen molar-refractivity contribution in [2.75, 3.05) is 11.9 Å². The van der Waals surface area contributed by atoms with Crippen molar-refractivity contribution in [1.82, 2.24) is 19.6 Å². The molecule has 1 N–H and O–H groups in total. The maximum Gasteiger partial charge on any atom is 0.172 e. The number of anilines is 1. The van der Waals surface area contributed by atoms with E-state index < -0.39 is 0 Å². The minimum atomic E-state index is 0.666. The minimum Gasteiger partial charge on any atom is -0.369 e. The summed E-state index contributed by atoms with van der Waals surface area (Å²) in [6.45, 7) is 0.732. The van der Waals surface area contributed by atoms with Crippen LogP contribution in [0.15, 0.2) is 65.4 Å². The molecule has 0 radical (unpaired) electrons. The smallest absolute Gasteiger partial charge is 0.172 e. The zero-order chi connectivity index (χ0) is 17.9. The van der Waals surface area contributed by atoms with Gasteiger partial charge in [0.15, 0.2) is 5.65 Å². The van der Waals surface area contributed by atoms with Crippen LogP contribution in [0.1, 0.15) is 5.69 Å². The summed E-state index contributed by atoms with van der Waals surface area (Å²) >= 11 is 9.87. The number of fused-ring (bicyclic) bond motifs is 1. The third-order valence-electron chi connectivity index (χ3n) is 3.99. The molecule has 0 aliphatic heterocycles. The van der Waals surface area contributed by atoms with Crippen LogP contribution >= 0.6 is 27.5 Å². The molecule has 0 saturated carbocycles. The van der Waals surface area contributed by atoms with Gasteiger partial charge in [0.2, 0.25) is 0 Å². The summed E-state index contributed by atoms with van der Waals surface area (Å²) in [6.07, 6.45) is 4.36. The maximum atomic E-state index is 6.36. The summed E-state index contributed by atoms with van der Waals surface area (Å²) in [7, 11) is 0. The lowest BCUT2D eigenvalue weighted by Crippen LogP contribution is -2.10. The Hall–Kier alpha value is -2.44. The second-order valence-electron chi connectivity index (χ2n) is 5.73. The van der Waals surface area contributed by atoms with E-state index in [9.17, 15) is 0 Å². The van der Waals surface area contributed by atoms with Crippen molar-refractivity contribution >= 4 is 39.0 Å². The van der Waals surface area contributed by atoms with Gasteiger partial charge in [0, 0.05) is 41.5 Å². The lowest BCUT2D eigenvalue weighted by Gasteiger charge is -2.11. The molecule has 0 aliphatic rings. The number of aromatic nitrogens is 4. The highest BCUT2D eigenvalue weighted by Gasteiger charge is 2.13. The van der Waals surface area contributed by atoms with Crippen LogP contribution in [0, 0.1) is 0 Å². The van der Waals surface area contributed by atoms with Crippen molar-refractivity contribution in [2.24, 2.45) is 0 Å². The van der Waals surface area contributed by atoms with Crippen molar-refractivity contribution in [1.29, 1.82) is 0 Å². The SMILES string of the molecule is Clc1ccccc1-c1cc(NCCc2ccccn2)n2ncc(Br)c2n1. The zero-order valence-electron chi connectivity index (χ0n) is 13.7. The monoisotopic (exact) mass is 427 g/mol. The predicted molar refractivity (Wildman–Crippen MR) is 108 cm³/mol. The molecule has 1 aromatic carbocycles. The Morgan fingerprint density at radius 1 is 1.12 bits per heavy atom. The molecule has 3 aromatic heterocycles. The summed E-state index contributed by atoms with van der Waals surface area (Å²) < 4.78 is 2.61. The van der Waals surface area contributed by atoms with Crippen LogP contribution in [0.2, 0.25) is 5.02 Å². The summed E-state index contributed by atoms with van der Waals surface area (Å²) in [6, 6.07) is 15.6. The molecule has 0 aliphatic carbocycles. The summed E-state index contributed by atoms with van der Waals surface area (Å²) in [5.41, 5.74) is 3.46. The summed E-state index contributed by atoms with van der Waals surface area (Å²) in [5, 5.41) is 8.50. The number of halogens is 2. The Labute approximate surface area is 164 Å². The number of nitrogens with zero attached hydrogens (tertiary/aromatic N) is 4. The highest BCUT2D eigenvalue weighted by atomic mass is 79.9. The Bertz CT molecular complexity index is 1050. The Kier molecular flexibility index (Phi) is 4.86. The number of nitrogens with one attached hydrogen (secondary N) is 1. The second-order valence-corrected chi connectivity index (χ2v) is 6.99. The first-order valence-corrected chi connectivity index (χ1v) is 9.32. The molecule has 4 rings (SSSR count). The van der Waals surface area contributed by atoms with Crippen molar-refractivity contribution in [3.63, 3.8) is 0 Å². The van der Waals surface area contributed by atoms with Crippen molar-refractivity contribution in [2.45, 2.75) is 6.42 Å². The normalized spacial score (nSPS) is 11.0. The number of hydrogen-bond donors (Lipinski definition) is 1. The molecule has 0 atom stereocenters. The topological polar surface area (TPSA) is 55.1 Å². The van der Waals surface area contributed by atoms with E-state index in [0.717, 1.165) is 45.9 Å². The van der Waals surface area contributed by atoms with E-state index >= 15 is 0 Å². The molecule has 5 nitrogen and oxygen atoms in total. The van der Waals surface area contributed by atoms with Gasteiger partial charge in [-0.25, -0.2) is 4.98 Å². The molecule has 0 saturated heterocycles. The van der Waals surface area contributed by atoms with E-state index in [1.54, 1.807) is 16.9 Å². The first kappa shape index (κ1) is 17.0. The average molecular weight is 429 g/mol. The lowest BCUT2D eigenvalue weighted by molar-refractivity contribution is 0.902. The van der Waals surface area contributed by atoms with Crippen LogP contribution in [0.4, 0.5) is 5.82 Å². The molecule has 26 heavy (non-hydrogen) atoms. The van der Waals surface area contributed by atoms with Crippen molar-refractivity contribution < 1.29 is 0 Å². The average Bonchev–Trinajstić information content (AvgIpc) is 3.04. The van der Waals surface area contributed by atoms with Gasteiger partial charge < -0.3 is 5.32 Å². The van der Waals surface area contributed by atoms with E-state index in [2.05, 4.69) is 31.3 Å². The summed E-state index contributed by atoms with van der Waals surface area (Å²) in [4.78, 5) is 9.06. The first-order chi connectivity index (χ1) is 12.7. The van der Waals surface area contributed by atoms with Gasteiger partial charge in [-0.3, -0.25) is 4.98 Å². The third-order valence-corrected chi connectivity index (χ3v) is 4.88. The van der Waals surface area contributed by atoms with Gasteiger partial charge in [0.25, 0.3) is 0 Å². The predicted octanol–water partition coefficient (Wildman–Crippen LogP) is 4.86. The van der Waals surface area contributed by atoms with Crippen LogP contribution in [-0.2, 0) is 6.42 Å². The van der Waals surface area contributed by atoms with E-state index in [0.29, 0.717) is 5.02 Å². The minimum absolute atomic E-state index is 0.666. The Balaban J connectivity index is 1.68. The number of rotatable bonds is 5. The summed E-state index contributed by atoms with van der Waals surface area (Å²) in [5.74, 6) is 0.853. The van der Waals surface area contributed by atoms with Crippen LogP contribution < -0.4 is 5.32 Å². The molecule has 130 valence electrons. The molecular weight excluding hydrogens is 414 g/mol. The van der Waals surface area contributed by atoms with Gasteiger partial charge in [-0.05, 0) is 34.1 Å². The Morgan fingerprint density at radius 2 is 1.96 bits per heavy atom. The van der Waals surface area contributed by atoms with E-state index in [1.807, 2.05) is 48.5 Å². The van der Waals surface area contributed by atoms with Gasteiger partial charge in [-0.1, -0.05) is 35.9 Å². The van der Waals surface area contributed by atoms with Gasteiger partial charge in [0.1, 0.15) is 5.82 Å². The van der Waals surface area contributed by atoms with Gasteiger partial charge in [0.05, 0.1) is 16.4 Å². The second kappa shape index (κ2) is 7.43. The molecule has 7 heteroatoms. The van der Waals surface area contributed by atoms with Gasteiger partial charge in [-0.2, -0.15) is 9.61 Å². The number of pyridine rings is 1. The molecule has 3 heterocycles. The van der Waals surface area contributed by atoms with Crippen LogP contribution in [0.3, 0.4) is 0 Å². The highest BCUT2D eigenvalue weighted by Crippen LogP contribution is 2.30. The zero-order valence-corrected chi connectivity index (χ0v) is 16.1. The quantitative estimate of drug-likeness (QED) is 0.493. The van der Waals surface area contributed by atoms with E-state index in [-0.39, 0.29) is 0 Å². The fourth-order valence-electron chi connectivity index (χ4n) is 2.73. The van der Waals surface area contributed by atoms with Crippen LogP contribution in [0.5, 0.6) is 0 Å². The fraction of sp³-hybridized carbons (Fsp3) is 0.105. The number of benzene rings is 1. The van der Waals surface area contributed by atoms with E-state index in [1.165, 1.54) is 0 Å². The molecule has 0 bridgehead atoms. The van der Waals surface area contributed by atoms with E-state index in [4.69, 9.17) is 16.6 Å². The maximum absolute atomic E-state index is 6.36. The highest BCUT2D eigenvalue weighted by molar-refractivity contribution is 9.10. The van der Waals surface area contributed by atoms with Crippen LogP contribution in [-0.4, -0.2) is 26.1 Å². The molecule has 0 amide bonds. The molecule has 0 unspecified atom stereocenters. The third kappa shape index (κ3) is 3.43. The van der Waals surface area contributed by atoms with Crippen molar-refractivity contribution in [3.8, 4) is 11.3 Å². The number of hydrogen-bond acceptors (Lipinski definition) is 4. The lowest BCUT2D eigenvalue weighted by atomic mass is 10.1. The Morgan fingerprint density at radius 3 is 2.77 bits per heavy atom. The fourth-order valence-corrected chi connectivity index (χ4v) is 3.31. The molecule has 0 spiro atoms. The van der Waals surface area contributed by atoms with Gasteiger partial charge >= 0.3 is 0 Å². The molecule has 0 fully saturated rings. The molecule has 4 aromatic rings. The van der Waals surface area contributed by atoms with Crippen LogP contribution in [0.25, 0.3) is 16.9 Å². The molecular formula is C19H15BrClN5. The largest absolute Gasteiger partial charge is 0.369 e. The standard InChI is InChI=1S/C19H15BrClN5/c20-15-12-24-26-18(23-10-8-13-5-3-4-9-22-13)11-17(25-19(15)26)14-6-1-2-7-16(14)21/h1-7,9,11-12,23H,8,10H2. The van der Waals surface area contributed by atoms with Crippen molar-refractivity contribution in [3.05, 3.63) is 76.1 Å².